The van der Waals surface area contributed by atoms with E-state index in [1.54, 1.807) is 0 Å². The topological polar surface area (TPSA) is 0 Å². The number of hydrogen-bond donors (Lipinski definition) is 0. The Hall–Kier alpha value is -0.440. The van der Waals surface area contributed by atoms with Crippen molar-refractivity contribution in [3.63, 3.8) is 0 Å². The van der Waals surface area contributed by atoms with E-state index in [0.29, 0.717) is 17.2 Å². The van der Waals surface area contributed by atoms with Crippen LogP contribution in [-0.4, -0.2) is 0 Å². The molecule has 0 N–H and O–H groups in total. The second kappa shape index (κ2) is 4.44. The number of alkyl halides is 2. The Morgan fingerprint density at radius 1 is 1.44 bits per heavy atom. The second-order valence-corrected chi connectivity index (χ2v) is 5.81. The van der Waals surface area contributed by atoms with Crippen LogP contribution >= 0.6 is 11.3 Å². The summed E-state index contributed by atoms with van der Waals surface area (Å²) in [6, 6.07) is 2.02. The molecule has 2 rings (SSSR count). The number of thiophene rings is 1. The van der Waals surface area contributed by atoms with Crippen LogP contribution in [0.25, 0.3) is 0 Å². The maximum absolute atomic E-state index is 13.8. The van der Waals surface area contributed by atoms with Crippen molar-refractivity contribution in [3.05, 3.63) is 21.4 Å². The minimum atomic E-state index is -2.58. The zero-order valence-electron chi connectivity index (χ0n) is 9.85. The molecule has 0 spiro atoms. The van der Waals surface area contributed by atoms with E-state index in [-0.39, 0.29) is 6.42 Å². The van der Waals surface area contributed by atoms with Crippen LogP contribution in [0.5, 0.6) is 0 Å². The molecule has 90 valence electrons. The first kappa shape index (κ1) is 12.0. The summed E-state index contributed by atoms with van der Waals surface area (Å²) < 4.78 is 27.7. The third kappa shape index (κ3) is 2.15. The van der Waals surface area contributed by atoms with E-state index in [1.807, 2.05) is 6.07 Å². The molecule has 0 amide bonds. The monoisotopic (exact) mass is 244 g/mol. The number of hydrogen-bond acceptors (Lipinski definition) is 1. The van der Waals surface area contributed by atoms with E-state index in [2.05, 4.69) is 13.8 Å². The van der Waals surface area contributed by atoms with Crippen molar-refractivity contribution in [2.24, 2.45) is 0 Å². The summed E-state index contributed by atoms with van der Waals surface area (Å²) in [4.78, 5) is 1.48. The molecule has 16 heavy (non-hydrogen) atoms. The Balaban J connectivity index is 2.38. The van der Waals surface area contributed by atoms with Gasteiger partial charge in [-0.3, -0.25) is 0 Å². The zero-order chi connectivity index (χ0) is 11.8. The highest BCUT2D eigenvalue weighted by atomic mass is 32.1. The van der Waals surface area contributed by atoms with Crippen LogP contribution in [0.3, 0.4) is 0 Å². The number of fused-ring (bicyclic) bond motifs is 1. The van der Waals surface area contributed by atoms with Crippen molar-refractivity contribution < 1.29 is 8.78 Å². The minimum Gasteiger partial charge on any atom is -0.200 e. The van der Waals surface area contributed by atoms with Crippen molar-refractivity contribution in [3.8, 4) is 0 Å². The molecule has 0 saturated carbocycles. The third-order valence-electron chi connectivity index (χ3n) is 3.45. The molecular formula is C13H18F2S. The predicted octanol–water partition coefficient (Wildman–Crippen LogP) is 5.08. The largest absolute Gasteiger partial charge is 0.282 e. The lowest BCUT2D eigenvalue weighted by Gasteiger charge is -2.13. The summed E-state index contributed by atoms with van der Waals surface area (Å²) in [7, 11) is 0. The van der Waals surface area contributed by atoms with Crippen LogP contribution in [0.2, 0.25) is 0 Å². The SMILES string of the molecule is CCC(C)c1cc2c(s1)C(F)(F)CCCC2. The number of rotatable bonds is 2. The van der Waals surface area contributed by atoms with E-state index in [4.69, 9.17) is 0 Å². The molecule has 1 heterocycles. The van der Waals surface area contributed by atoms with Gasteiger partial charge in [-0.1, -0.05) is 13.8 Å². The molecule has 3 heteroatoms. The molecule has 1 atom stereocenters. The Bertz CT molecular complexity index is 368. The zero-order valence-corrected chi connectivity index (χ0v) is 10.7. The molecule has 0 radical (unpaired) electrons. The Labute approximate surface area is 99.7 Å². The minimum absolute atomic E-state index is 0.0282. The van der Waals surface area contributed by atoms with Crippen molar-refractivity contribution in [2.75, 3.05) is 0 Å². The lowest BCUT2D eigenvalue weighted by molar-refractivity contribution is -0.00988. The molecule has 1 aromatic rings. The molecule has 0 aliphatic heterocycles. The van der Waals surface area contributed by atoms with Crippen LogP contribution in [0, 0.1) is 0 Å². The summed E-state index contributed by atoms with van der Waals surface area (Å²) in [5.41, 5.74) is 0.905. The fourth-order valence-corrected chi connectivity index (χ4v) is 3.51. The van der Waals surface area contributed by atoms with Gasteiger partial charge in [0.15, 0.2) is 0 Å². The van der Waals surface area contributed by atoms with Crippen LogP contribution < -0.4 is 0 Å². The van der Waals surface area contributed by atoms with Gasteiger partial charge < -0.3 is 0 Å². The fourth-order valence-electron chi connectivity index (χ4n) is 2.17. The standard InChI is InChI=1S/C13H18F2S/c1-3-9(2)11-8-10-6-4-5-7-13(14,15)12(10)16-11/h8-9H,3-7H2,1-2H3. The van der Waals surface area contributed by atoms with E-state index in [0.717, 1.165) is 29.7 Å². The highest BCUT2D eigenvalue weighted by molar-refractivity contribution is 7.12. The molecule has 0 saturated heterocycles. The molecular weight excluding hydrogens is 226 g/mol. The van der Waals surface area contributed by atoms with Crippen molar-refractivity contribution in [2.45, 2.75) is 57.8 Å². The number of halogens is 2. The average molecular weight is 244 g/mol. The van der Waals surface area contributed by atoms with Crippen LogP contribution in [0.15, 0.2) is 6.07 Å². The first-order valence-corrected chi connectivity index (χ1v) is 6.87. The van der Waals surface area contributed by atoms with Crippen molar-refractivity contribution >= 4 is 11.3 Å². The summed E-state index contributed by atoms with van der Waals surface area (Å²) in [5, 5.41) is 0. The summed E-state index contributed by atoms with van der Waals surface area (Å²) in [5.74, 6) is -2.17. The van der Waals surface area contributed by atoms with Gasteiger partial charge in [0.25, 0.3) is 5.92 Å². The van der Waals surface area contributed by atoms with Crippen LogP contribution in [0.4, 0.5) is 8.78 Å². The molecule has 1 aliphatic carbocycles. The average Bonchev–Trinajstić information content (AvgIpc) is 2.63. The first-order chi connectivity index (χ1) is 7.54. The highest BCUT2D eigenvalue weighted by Gasteiger charge is 2.37. The maximum atomic E-state index is 13.8. The lowest BCUT2D eigenvalue weighted by atomic mass is 10.0. The molecule has 0 nitrogen and oxygen atoms in total. The molecule has 0 aromatic carbocycles. The van der Waals surface area contributed by atoms with Gasteiger partial charge in [-0.05, 0) is 43.2 Å². The highest BCUT2D eigenvalue weighted by Crippen LogP contribution is 2.45. The summed E-state index contributed by atoms with van der Waals surface area (Å²) in [6.45, 7) is 4.22. The van der Waals surface area contributed by atoms with Gasteiger partial charge in [-0.15, -0.1) is 11.3 Å². The summed E-state index contributed by atoms with van der Waals surface area (Å²) >= 11 is 1.34. The Morgan fingerprint density at radius 3 is 2.88 bits per heavy atom. The van der Waals surface area contributed by atoms with Crippen molar-refractivity contribution in [1.29, 1.82) is 0 Å². The molecule has 1 aromatic heterocycles. The molecule has 1 unspecified atom stereocenters. The van der Waals surface area contributed by atoms with E-state index in [9.17, 15) is 8.78 Å². The van der Waals surface area contributed by atoms with E-state index >= 15 is 0 Å². The van der Waals surface area contributed by atoms with Gasteiger partial charge in [0.2, 0.25) is 0 Å². The van der Waals surface area contributed by atoms with Crippen molar-refractivity contribution in [1.82, 2.24) is 0 Å². The Morgan fingerprint density at radius 2 is 2.19 bits per heavy atom. The normalized spacial score (nSPS) is 21.2. The van der Waals surface area contributed by atoms with E-state index in [1.165, 1.54) is 11.3 Å². The predicted molar refractivity (Wildman–Crippen MR) is 64.5 cm³/mol. The van der Waals surface area contributed by atoms with Gasteiger partial charge in [-0.25, -0.2) is 8.78 Å². The quantitative estimate of drug-likeness (QED) is 0.636. The van der Waals surface area contributed by atoms with Gasteiger partial charge >= 0.3 is 0 Å². The van der Waals surface area contributed by atoms with Gasteiger partial charge in [0, 0.05) is 11.3 Å². The Kier molecular flexibility index (Phi) is 3.34. The van der Waals surface area contributed by atoms with Crippen LogP contribution in [-0.2, 0) is 12.3 Å². The molecule has 1 aliphatic rings. The third-order valence-corrected chi connectivity index (χ3v) is 4.97. The molecule has 0 fully saturated rings. The van der Waals surface area contributed by atoms with Gasteiger partial charge in [0.05, 0.1) is 4.88 Å². The smallest absolute Gasteiger partial charge is 0.200 e. The summed E-state index contributed by atoms with van der Waals surface area (Å²) in [6.07, 6.45) is 3.43. The van der Waals surface area contributed by atoms with Gasteiger partial charge in [0.1, 0.15) is 0 Å². The molecule has 0 bridgehead atoms. The maximum Gasteiger partial charge on any atom is 0.282 e. The van der Waals surface area contributed by atoms with Crippen LogP contribution in [0.1, 0.15) is 60.8 Å². The fraction of sp³-hybridized carbons (Fsp3) is 0.692. The van der Waals surface area contributed by atoms with E-state index < -0.39 is 5.92 Å². The first-order valence-electron chi connectivity index (χ1n) is 6.05. The second-order valence-electron chi connectivity index (χ2n) is 4.72. The lowest BCUT2D eigenvalue weighted by Crippen LogP contribution is -2.10. The van der Waals surface area contributed by atoms with Gasteiger partial charge in [-0.2, -0.15) is 0 Å². The number of aryl methyl sites for hydroxylation is 1.